The molecule has 1 saturated heterocycles. The summed E-state index contributed by atoms with van der Waals surface area (Å²) in [6.07, 6.45) is 1.80. The summed E-state index contributed by atoms with van der Waals surface area (Å²) < 4.78 is 4.69. The van der Waals surface area contributed by atoms with Crippen LogP contribution in [-0.4, -0.2) is 32.0 Å². The van der Waals surface area contributed by atoms with Crippen molar-refractivity contribution in [1.29, 1.82) is 0 Å². The third kappa shape index (κ3) is 2.76. The monoisotopic (exact) mass is 260 g/mol. The average molecular weight is 260 g/mol. The maximum Gasteiger partial charge on any atom is 0.337 e. The minimum Gasteiger partial charge on any atom is -0.465 e. The minimum absolute atomic E-state index is 0.0860. The van der Waals surface area contributed by atoms with Crippen LogP contribution in [0.25, 0.3) is 0 Å². The van der Waals surface area contributed by atoms with E-state index in [0.717, 1.165) is 5.69 Å². The number of esters is 1. The summed E-state index contributed by atoms with van der Waals surface area (Å²) in [5.74, 6) is -0.285. The van der Waals surface area contributed by atoms with E-state index in [1.54, 1.807) is 18.2 Å². The smallest absolute Gasteiger partial charge is 0.337 e. The van der Waals surface area contributed by atoms with Crippen LogP contribution in [0.4, 0.5) is 5.69 Å². The first kappa shape index (κ1) is 13.1. The molecule has 0 atom stereocenters. The molecule has 0 aliphatic carbocycles. The Morgan fingerprint density at radius 3 is 2.95 bits per heavy atom. The Hall–Kier alpha value is -2.30. The maximum atomic E-state index is 11.6. The van der Waals surface area contributed by atoms with Crippen LogP contribution in [0.2, 0.25) is 0 Å². The summed E-state index contributed by atoms with van der Waals surface area (Å²) in [5, 5.41) is 0. The Labute approximate surface area is 111 Å². The molecule has 0 bridgehead atoms. The molecule has 0 unspecified atom stereocenters. The van der Waals surface area contributed by atoms with Crippen molar-refractivity contribution in [3.8, 4) is 0 Å². The van der Waals surface area contributed by atoms with Crippen molar-refractivity contribution in [3.63, 3.8) is 0 Å². The first-order chi connectivity index (χ1) is 9.15. The van der Waals surface area contributed by atoms with E-state index in [2.05, 4.69) is 0 Å². The van der Waals surface area contributed by atoms with Crippen LogP contribution in [-0.2, 0) is 9.53 Å². The van der Waals surface area contributed by atoms with Crippen molar-refractivity contribution in [1.82, 2.24) is 0 Å². The number of carbonyl (C=O) groups excluding carboxylic acids is 2. The number of methoxy groups -OCH3 is 1. The van der Waals surface area contributed by atoms with Crippen molar-refractivity contribution in [2.24, 2.45) is 5.73 Å². The van der Waals surface area contributed by atoms with Gasteiger partial charge in [-0.15, -0.1) is 0 Å². The van der Waals surface area contributed by atoms with Gasteiger partial charge in [-0.2, -0.15) is 0 Å². The molecule has 5 nitrogen and oxygen atoms in total. The molecule has 0 saturated carbocycles. The number of anilines is 1. The van der Waals surface area contributed by atoms with Crippen LogP contribution >= 0.6 is 0 Å². The van der Waals surface area contributed by atoms with Gasteiger partial charge in [0.25, 0.3) is 0 Å². The topological polar surface area (TPSA) is 72.6 Å². The van der Waals surface area contributed by atoms with Crippen molar-refractivity contribution < 1.29 is 14.3 Å². The molecular weight excluding hydrogens is 244 g/mol. The van der Waals surface area contributed by atoms with Gasteiger partial charge in [-0.25, -0.2) is 4.79 Å². The fourth-order valence-electron chi connectivity index (χ4n) is 2.08. The van der Waals surface area contributed by atoms with Crippen LogP contribution in [0, 0.1) is 0 Å². The van der Waals surface area contributed by atoms with Crippen molar-refractivity contribution in [2.45, 2.75) is 6.42 Å². The third-order valence-corrected chi connectivity index (χ3v) is 3.16. The molecule has 0 radical (unpaired) electrons. The summed E-state index contributed by atoms with van der Waals surface area (Å²) >= 11 is 0. The zero-order valence-corrected chi connectivity index (χ0v) is 10.8. The predicted molar refractivity (Wildman–Crippen MR) is 71.9 cm³/mol. The zero-order chi connectivity index (χ0) is 13.8. The van der Waals surface area contributed by atoms with Gasteiger partial charge in [0.05, 0.1) is 12.7 Å². The molecule has 2 rings (SSSR count). The second kappa shape index (κ2) is 5.56. The fourth-order valence-corrected chi connectivity index (χ4v) is 2.08. The standard InChI is InChI=1S/C14H16N2O3/c1-19-14(18)10-3-2-4-12(7-10)16-6-5-13(17)11(8-15)9-16/h2-4,7-8H,5-6,9,15H2,1H3/b11-8+. The lowest BCUT2D eigenvalue weighted by Gasteiger charge is -2.29. The van der Waals surface area contributed by atoms with Gasteiger partial charge in [0.2, 0.25) is 0 Å². The summed E-state index contributed by atoms with van der Waals surface area (Å²) in [6.45, 7) is 1.10. The lowest BCUT2D eigenvalue weighted by atomic mass is 10.0. The highest BCUT2D eigenvalue weighted by Crippen LogP contribution is 2.22. The number of piperidine rings is 1. The molecule has 1 aliphatic heterocycles. The second-order valence-electron chi connectivity index (χ2n) is 4.33. The van der Waals surface area contributed by atoms with Gasteiger partial charge >= 0.3 is 5.97 Å². The van der Waals surface area contributed by atoms with E-state index in [-0.39, 0.29) is 11.8 Å². The van der Waals surface area contributed by atoms with E-state index in [1.807, 2.05) is 11.0 Å². The van der Waals surface area contributed by atoms with Gasteiger partial charge in [-0.1, -0.05) is 6.07 Å². The van der Waals surface area contributed by atoms with Gasteiger partial charge in [-0.3, -0.25) is 4.79 Å². The summed E-state index contributed by atoms with van der Waals surface area (Å²) in [4.78, 5) is 25.1. The Bertz CT molecular complexity index is 537. The number of rotatable bonds is 2. The van der Waals surface area contributed by atoms with E-state index >= 15 is 0 Å². The quantitative estimate of drug-likeness (QED) is 0.636. The molecule has 19 heavy (non-hydrogen) atoms. The van der Waals surface area contributed by atoms with Crippen molar-refractivity contribution in [2.75, 3.05) is 25.1 Å². The van der Waals surface area contributed by atoms with Crippen LogP contribution in [0.5, 0.6) is 0 Å². The number of hydrogen-bond acceptors (Lipinski definition) is 5. The molecule has 1 aliphatic rings. The zero-order valence-electron chi connectivity index (χ0n) is 10.8. The summed E-state index contributed by atoms with van der Waals surface area (Å²) in [6, 6.07) is 7.15. The lowest BCUT2D eigenvalue weighted by Crippen LogP contribution is -2.36. The van der Waals surface area contributed by atoms with Gasteiger partial charge in [0.15, 0.2) is 5.78 Å². The van der Waals surface area contributed by atoms with Crippen molar-refractivity contribution in [3.05, 3.63) is 41.6 Å². The van der Waals surface area contributed by atoms with Gasteiger partial charge in [0, 0.05) is 37.0 Å². The summed E-state index contributed by atoms with van der Waals surface area (Å²) in [7, 11) is 1.35. The summed E-state index contributed by atoms with van der Waals surface area (Å²) in [5.41, 5.74) is 7.44. The van der Waals surface area contributed by atoms with E-state index in [4.69, 9.17) is 10.5 Å². The molecule has 5 heteroatoms. The average Bonchev–Trinajstić information content (AvgIpc) is 2.47. The first-order valence-electron chi connectivity index (χ1n) is 6.03. The maximum absolute atomic E-state index is 11.6. The van der Waals surface area contributed by atoms with Crippen molar-refractivity contribution >= 4 is 17.4 Å². The number of ketones is 1. The number of benzene rings is 1. The highest BCUT2D eigenvalue weighted by atomic mass is 16.5. The molecule has 1 aromatic carbocycles. The molecular formula is C14H16N2O3. The van der Waals surface area contributed by atoms with Gasteiger partial charge in [0.1, 0.15) is 0 Å². The number of Topliss-reactive ketones (excluding diaryl/α,β-unsaturated/α-hetero) is 1. The molecule has 0 aromatic heterocycles. The lowest BCUT2D eigenvalue weighted by molar-refractivity contribution is -0.115. The highest BCUT2D eigenvalue weighted by Gasteiger charge is 2.21. The molecule has 100 valence electrons. The fraction of sp³-hybridized carbons (Fsp3) is 0.286. The van der Waals surface area contributed by atoms with Gasteiger partial charge < -0.3 is 15.4 Å². The molecule has 2 N–H and O–H groups in total. The highest BCUT2D eigenvalue weighted by molar-refractivity contribution is 5.98. The van der Waals surface area contributed by atoms with Crippen LogP contribution in [0.15, 0.2) is 36.0 Å². The van der Waals surface area contributed by atoms with E-state index in [9.17, 15) is 9.59 Å². The van der Waals surface area contributed by atoms with E-state index < -0.39 is 0 Å². The molecule has 1 heterocycles. The number of hydrogen-bond donors (Lipinski definition) is 1. The normalized spacial score (nSPS) is 17.6. The second-order valence-corrected chi connectivity index (χ2v) is 4.33. The molecule has 1 aromatic rings. The number of ether oxygens (including phenoxy) is 1. The minimum atomic E-state index is -0.371. The predicted octanol–water partition coefficient (Wildman–Crippen LogP) is 1.09. The number of nitrogens with zero attached hydrogens (tertiary/aromatic N) is 1. The van der Waals surface area contributed by atoms with Crippen LogP contribution in [0.3, 0.4) is 0 Å². The van der Waals surface area contributed by atoms with Crippen LogP contribution < -0.4 is 10.6 Å². The Morgan fingerprint density at radius 2 is 2.26 bits per heavy atom. The third-order valence-electron chi connectivity index (χ3n) is 3.16. The largest absolute Gasteiger partial charge is 0.465 e. The number of nitrogens with two attached hydrogens (primary N) is 1. The van der Waals surface area contributed by atoms with Crippen LogP contribution in [0.1, 0.15) is 16.8 Å². The SMILES string of the molecule is COC(=O)c1cccc(N2CCC(=O)/C(=C/N)C2)c1. The molecule has 0 spiro atoms. The Balaban J connectivity index is 2.23. The van der Waals surface area contributed by atoms with Gasteiger partial charge in [-0.05, 0) is 18.2 Å². The molecule has 1 fully saturated rings. The molecule has 0 amide bonds. The number of carbonyl (C=O) groups is 2. The Kier molecular flexibility index (Phi) is 3.85. The van der Waals surface area contributed by atoms with E-state index in [0.29, 0.717) is 30.6 Å². The van der Waals surface area contributed by atoms with E-state index in [1.165, 1.54) is 13.3 Å². The Morgan fingerprint density at radius 1 is 1.47 bits per heavy atom. The first-order valence-corrected chi connectivity index (χ1v) is 6.03.